The van der Waals surface area contributed by atoms with Crippen LogP contribution < -0.4 is 14.8 Å². The highest BCUT2D eigenvalue weighted by molar-refractivity contribution is 5.79. The van der Waals surface area contributed by atoms with Gasteiger partial charge in [0.2, 0.25) is 5.91 Å². The van der Waals surface area contributed by atoms with Gasteiger partial charge in [0.15, 0.2) is 6.10 Å². The summed E-state index contributed by atoms with van der Waals surface area (Å²) in [6.07, 6.45) is -0.736. The average Bonchev–Trinajstić information content (AvgIpc) is 2.51. The van der Waals surface area contributed by atoms with Crippen molar-refractivity contribution in [3.05, 3.63) is 23.8 Å². The zero-order valence-electron chi connectivity index (χ0n) is 12.9. The molecule has 0 aliphatic heterocycles. The van der Waals surface area contributed by atoms with Crippen molar-refractivity contribution in [2.24, 2.45) is 0 Å². The molecule has 0 spiro atoms. The third kappa shape index (κ3) is 5.61. The largest absolute Gasteiger partial charge is 0.497 e. The summed E-state index contributed by atoms with van der Waals surface area (Å²) in [5.74, 6) is -0.00773. The first kappa shape index (κ1) is 17.8. The molecule has 22 heavy (non-hydrogen) atoms. The lowest BCUT2D eigenvalue weighted by Crippen LogP contribution is -2.31. The molecule has 0 radical (unpaired) electrons. The molecule has 122 valence electrons. The predicted molar refractivity (Wildman–Crippen MR) is 79.3 cm³/mol. The Bertz CT molecular complexity index is 517. The number of aliphatic carboxylic acids is 1. The number of carboxylic acid groups (broad SMARTS) is 1. The second-order valence-electron chi connectivity index (χ2n) is 4.56. The molecule has 2 N–H and O–H groups in total. The van der Waals surface area contributed by atoms with E-state index in [0.717, 1.165) is 5.56 Å². The van der Waals surface area contributed by atoms with Gasteiger partial charge in [-0.1, -0.05) is 6.07 Å². The molecule has 1 aromatic carbocycles. The molecule has 0 bridgehead atoms. The molecule has 0 saturated carbocycles. The van der Waals surface area contributed by atoms with Gasteiger partial charge in [0.25, 0.3) is 0 Å². The van der Waals surface area contributed by atoms with Gasteiger partial charge >= 0.3 is 5.97 Å². The Morgan fingerprint density at radius 3 is 2.59 bits per heavy atom. The molecule has 0 saturated heterocycles. The highest BCUT2D eigenvalue weighted by Gasteiger charge is 2.12. The van der Waals surface area contributed by atoms with Crippen LogP contribution in [0.1, 0.15) is 12.5 Å². The molecule has 7 nitrogen and oxygen atoms in total. The first-order valence-corrected chi connectivity index (χ1v) is 6.80. The maximum Gasteiger partial charge on any atom is 0.332 e. The summed E-state index contributed by atoms with van der Waals surface area (Å²) in [5.41, 5.74) is 0.737. The third-order valence-electron chi connectivity index (χ3n) is 2.99. The summed E-state index contributed by atoms with van der Waals surface area (Å²) in [7, 11) is 3.08. The lowest BCUT2D eigenvalue weighted by molar-refractivity contribution is -0.148. The number of amides is 1. The number of carboxylic acids is 1. The fourth-order valence-corrected chi connectivity index (χ4v) is 1.73. The van der Waals surface area contributed by atoms with Gasteiger partial charge < -0.3 is 24.6 Å². The predicted octanol–water partition coefficient (Wildman–Crippen LogP) is 0.852. The zero-order chi connectivity index (χ0) is 16.5. The third-order valence-corrected chi connectivity index (χ3v) is 2.99. The Kier molecular flexibility index (Phi) is 7.18. The van der Waals surface area contributed by atoms with E-state index in [1.165, 1.54) is 14.0 Å². The van der Waals surface area contributed by atoms with Crippen molar-refractivity contribution < 1.29 is 28.9 Å². The lowest BCUT2D eigenvalue weighted by Gasteiger charge is -2.11. The molecule has 7 heteroatoms. The standard InChI is InChI=1S/C15H21NO6/c1-10(15(18)19)22-7-6-16-14(17)8-11-4-5-12(20-2)9-13(11)21-3/h4-5,9-10H,6-8H2,1-3H3,(H,16,17)(H,18,19). The van der Waals surface area contributed by atoms with Crippen LogP contribution in [-0.2, 0) is 20.7 Å². The summed E-state index contributed by atoms with van der Waals surface area (Å²) >= 11 is 0. The molecular weight excluding hydrogens is 290 g/mol. The number of nitrogens with one attached hydrogen (secondary N) is 1. The summed E-state index contributed by atoms with van der Waals surface area (Å²) in [6, 6.07) is 5.23. The molecule has 1 unspecified atom stereocenters. The molecule has 0 heterocycles. The maximum absolute atomic E-state index is 11.8. The Labute approximate surface area is 129 Å². The molecule has 1 atom stereocenters. The van der Waals surface area contributed by atoms with E-state index in [9.17, 15) is 9.59 Å². The molecule has 0 aliphatic rings. The van der Waals surface area contributed by atoms with Gasteiger partial charge in [0.05, 0.1) is 27.2 Å². The highest BCUT2D eigenvalue weighted by Crippen LogP contribution is 2.24. The van der Waals surface area contributed by atoms with Crippen LogP contribution in [0.3, 0.4) is 0 Å². The number of ether oxygens (including phenoxy) is 3. The number of hydrogen-bond donors (Lipinski definition) is 2. The summed E-state index contributed by atoms with van der Waals surface area (Å²) < 4.78 is 15.3. The van der Waals surface area contributed by atoms with Gasteiger partial charge in [0.1, 0.15) is 11.5 Å². The van der Waals surface area contributed by atoms with Crippen LogP contribution in [0.15, 0.2) is 18.2 Å². The maximum atomic E-state index is 11.8. The van der Waals surface area contributed by atoms with Crippen LogP contribution in [0.25, 0.3) is 0 Å². The molecule has 0 aromatic heterocycles. The van der Waals surface area contributed by atoms with Crippen molar-refractivity contribution in [2.45, 2.75) is 19.4 Å². The Balaban J connectivity index is 2.43. The average molecular weight is 311 g/mol. The Hall–Kier alpha value is -2.28. The van der Waals surface area contributed by atoms with Gasteiger partial charge in [-0.25, -0.2) is 4.79 Å². The molecule has 1 amide bonds. The van der Waals surface area contributed by atoms with Crippen molar-refractivity contribution in [3.63, 3.8) is 0 Å². The number of methoxy groups -OCH3 is 2. The fraction of sp³-hybridized carbons (Fsp3) is 0.467. The summed E-state index contributed by atoms with van der Waals surface area (Å²) in [4.78, 5) is 22.4. The van der Waals surface area contributed by atoms with E-state index in [1.54, 1.807) is 25.3 Å². The fourth-order valence-electron chi connectivity index (χ4n) is 1.73. The first-order valence-electron chi connectivity index (χ1n) is 6.80. The quantitative estimate of drug-likeness (QED) is 0.657. The van der Waals surface area contributed by atoms with Gasteiger partial charge in [0, 0.05) is 18.2 Å². The number of benzene rings is 1. The molecule has 0 fully saturated rings. The lowest BCUT2D eigenvalue weighted by atomic mass is 10.1. The van der Waals surface area contributed by atoms with Crippen LogP contribution in [0.2, 0.25) is 0 Å². The second-order valence-corrected chi connectivity index (χ2v) is 4.56. The number of hydrogen-bond acceptors (Lipinski definition) is 5. The van der Waals surface area contributed by atoms with Crippen molar-refractivity contribution in [2.75, 3.05) is 27.4 Å². The van der Waals surface area contributed by atoms with Gasteiger partial charge in [-0.05, 0) is 13.0 Å². The molecule has 0 aliphatic carbocycles. The van der Waals surface area contributed by atoms with Crippen molar-refractivity contribution in [1.29, 1.82) is 0 Å². The molecular formula is C15H21NO6. The Morgan fingerprint density at radius 2 is 2.00 bits per heavy atom. The van der Waals surface area contributed by atoms with Crippen molar-refractivity contribution >= 4 is 11.9 Å². The zero-order valence-corrected chi connectivity index (χ0v) is 12.9. The van der Waals surface area contributed by atoms with Crippen molar-refractivity contribution in [1.82, 2.24) is 5.32 Å². The van der Waals surface area contributed by atoms with Gasteiger partial charge in [-0.3, -0.25) is 4.79 Å². The van der Waals surface area contributed by atoms with E-state index in [-0.39, 0.29) is 25.5 Å². The number of rotatable bonds is 9. The van der Waals surface area contributed by atoms with E-state index in [4.69, 9.17) is 19.3 Å². The highest BCUT2D eigenvalue weighted by atomic mass is 16.5. The van der Waals surface area contributed by atoms with E-state index in [1.807, 2.05) is 0 Å². The minimum absolute atomic E-state index is 0.138. The Morgan fingerprint density at radius 1 is 1.27 bits per heavy atom. The number of carbonyl (C=O) groups excluding carboxylic acids is 1. The minimum atomic E-state index is -1.03. The smallest absolute Gasteiger partial charge is 0.332 e. The molecule has 1 aromatic rings. The van der Waals surface area contributed by atoms with Gasteiger partial charge in [-0.2, -0.15) is 0 Å². The monoisotopic (exact) mass is 311 g/mol. The van der Waals surface area contributed by atoms with Crippen LogP contribution in [0.4, 0.5) is 0 Å². The van der Waals surface area contributed by atoms with E-state index < -0.39 is 12.1 Å². The SMILES string of the molecule is COc1ccc(CC(=O)NCCOC(C)C(=O)O)c(OC)c1. The van der Waals surface area contributed by atoms with E-state index in [0.29, 0.717) is 11.5 Å². The number of carbonyl (C=O) groups is 2. The van der Waals surface area contributed by atoms with E-state index >= 15 is 0 Å². The van der Waals surface area contributed by atoms with E-state index in [2.05, 4.69) is 5.32 Å². The van der Waals surface area contributed by atoms with Crippen LogP contribution in [0.5, 0.6) is 11.5 Å². The van der Waals surface area contributed by atoms with Crippen LogP contribution in [0, 0.1) is 0 Å². The minimum Gasteiger partial charge on any atom is -0.497 e. The molecule has 1 rings (SSSR count). The van der Waals surface area contributed by atoms with Crippen LogP contribution >= 0.6 is 0 Å². The topological polar surface area (TPSA) is 94.1 Å². The van der Waals surface area contributed by atoms with Gasteiger partial charge in [-0.15, -0.1) is 0 Å². The normalized spacial score (nSPS) is 11.6. The first-order chi connectivity index (χ1) is 10.5. The summed E-state index contributed by atoms with van der Waals surface area (Å²) in [5, 5.41) is 11.3. The second kappa shape index (κ2) is 8.89. The van der Waals surface area contributed by atoms with Crippen molar-refractivity contribution in [3.8, 4) is 11.5 Å². The summed E-state index contributed by atoms with van der Waals surface area (Å²) in [6.45, 7) is 1.82. The van der Waals surface area contributed by atoms with Crippen LogP contribution in [-0.4, -0.2) is 50.5 Å².